The molecule has 5 heteroatoms. The molecule has 5 N–H and O–H groups in total. The van der Waals surface area contributed by atoms with Crippen LogP contribution in [0.4, 0.5) is 0 Å². The molecule has 0 saturated heterocycles. The molecule has 110 valence electrons. The fourth-order valence-electron chi connectivity index (χ4n) is 3.02. The van der Waals surface area contributed by atoms with Gasteiger partial charge in [-0.15, -0.1) is 0 Å². The van der Waals surface area contributed by atoms with Crippen molar-refractivity contribution < 1.29 is 9.59 Å². The van der Waals surface area contributed by atoms with E-state index in [-0.39, 0.29) is 35.7 Å². The second kappa shape index (κ2) is 5.90. The maximum atomic E-state index is 12.4. The first-order valence-corrected chi connectivity index (χ1v) is 7.00. The molecule has 0 aliphatic heterocycles. The third-order valence-corrected chi connectivity index (χ3v) is 4.72. The minimum Gasteiger partial charge on any atom is -0.370 e. The highest BCUT2D eigenvalue weighted by Gasteiger charge is 2.45. The topological polar surface area (TPSA) is 98.2 Å². The number of amides is 2. The molecule has 0 aromatic rings. The Kier molecular flexibility index (Phi) is 4.96. The van der Waals surface area contributed by atoms with Gasteiger partial charge >= 0.3 is 0 Å². The average molecular weight is 269 g/mol. The van der Waals surface area contributed by atoms with Crippen molar-refractivity contribution in [1.29, 1.82) is 0 Å². The number of carbonyl (C=O) groups is 2. The lowest BCUT2D eigenvalue weighted by Crippen LogP contribution is -2.52. The second-order valence-corrected chi connectivity index (χ2v) is 6.48. The quantitative estimate of drug-likeness (QED) is 0.703. The summed E-state index contributed by atoms with van der Waals surface area (Å²) in [6.07, 6.45) is 1.84. The zero-order valence-electron chi connectivity index (χ0n) is 12.4. The Bertz CT molecular complexity index is 355. The van der Waals surface area contributed by atoms with E-state index < -0.39 is 5.91 Å². The van der Waals surface area contributed by atoms with Crippen molar-refractivity contribution in [2.45, 2.75) is 59.0 Å². The van der Waals surface area contributed by atoms with E-state index in [0.29, 0.717) is 5.92 Å². The predicted octanol–water partition coefficient (Wildman–Crippen LogP) is 0.766. The molecule has 0 radical (unpaired) electrons. The van der Waals surface area contributed by atoms with Crippen LogP contribution in [-0.4, -0.2) is 23.9 Å². The Morgan fingerprint density at radius 2 is 1.95 bits per heavy atom. The standard InChI is InChI=1S/C14H27N3O2/c1-8(7-12(16)18)17-13(19)10-5-6-11(15)9(2)14(10,3)4/h8-11H,5-7,15H2,1-4H3,(H2,16,18)(H,17,19). The molecular weight excluding hydrogens is 242 g/mol. The molecule has 0 aromatic carbocycles. The molecule has 0 heterocycles. The van der Waals surface area contributed by atoms with Gasteiger partial charge in [-0.1, -0.05) is 20.8 Å². The molecule has 0 aromatic heterocycles. The van der Waals surface area contributed by atoms with Crippen LogP contribution in [0.15, 0.2) is 0 Å². The average Bonchev–Trinajstić information content (AvgIpc) is 2.24. The van der Waals surface area contributed by atoms with Gasteiger partial charge in [0.05, 0.1) is 0 Å². The number of nitrogens with one attached hydrogen (secondary N) is 1. The number of hydrogen-bond acceptors (Lipinski definition) is 3. The Hall–Kier alpha value is -1.10. The van der Waals surface area contributed by atoms with Gasteiger partial charge in [-0.2, -0.15) is 0 Å². The lowest BCUT2D eigenvalue weighted by atomic mass is 9.61. The van der Waals surface area contributed by atoms with Gasteiger partial charge in [-0.05, 0) is 31.1 Å². The third kappa shape index (κ3) is 3.69. The van der Waals surface area contributed by atoms with Crippen molar-refractivity contribution in [2.24, 2.45) is 28.7 Å². The summed E-state index contributed by atoms with van der Waals surface area (Å²) < 4.78 is 0. The second-order valence-electron chi connectivity index (χ2n) is 6.48. The molecule has 0 spiro atoms. The first-order valence-electron chi connectivity index (χ1n) is 7.00. The molecule has 1 saturated carbocycles. The summed E-state index contributed by atoms with van der Waals surface area (Å²) in [6.45, 7) is 8.10. The van der Waals surface area contributed by atoms with Gasteiger partial charge in [-0.3, -0.25) is 9.59 Å². The maximum absolute atomic E-state index is 12.4. The van der Waals surface area contributed by atoms with Gasteiger partial charge < -0.3 is 16.8 Å². The Labute approximate surface area is 115 Å². The van der Waals surface area contributed by atoms with E-state index >= 15 is 0 Å². The first-order chi connectivity index (χ1) is 8.66. The van der Waals surface area contributed by atoms with E-state index in [1.54, 1.807) is 6.92 Å². The number of carbonyl (C=O) groups excluding carboxylic acids is 2. The fraction of sp³-hybridized carbons (Fsp3) is 0.857. The summed E-state index contributed by atoms with van der Waals surface area (Å²) in [6, 6.07) is -0.0613. The number of rotatable bonds is 4. The van der Waals surface area contributed by atoms with E-state index in [1.807, 2.05) is 0 Å². The van der Waals surface area contributed by atoms with E-state index in [9.17, 15) is 9.59 Å². The van der Waals surface area contributed by atoms with Gasteiger partial charge in [0.15, 0.2) is 0 Å². The number of hydrogen-bond donors (Lipinski definition) is 3. The largest absolute Gasteiger partial charge is 0.370 e. The zero-order valence-corrected chi connectivity index (χ0v) is 12.4. The van der Waals surface area contributed by atoms with Crippen LogP contribution >= 0.6 is 0 Å². The van der Waals surface area contributed by atoms with Crippen LogP contribution in [-0.2, 0) is 9.59 Å². The first kappa shape index (κ1) is 16.0. The van der Waals surface area contributed by atoms with Crippen LogP contribution in [0.25, 0.3) is 0 Å². The molecule has 1 aliphatic carbocycles. The summed E-state index contributed by atoms with van der Waals surface area (Å²) in [7, 11) is 0. The highest BCUT2D eigenvalue weighted by Crippen LogP contribution is 2.44. The summed E-state index contributed by atoms with van der Waals surface area (Å²) in [5, 5.41) is 2.89. The molecule has 4 unspecified atom stereocenters. The van der Waals surface area contributed by atoms with Crippen LogP contribution in [0, 0.1) is 17.3 Å². The third-order valence-electron chi connectivity index (χ3n) is 4.72. The lowest BCUT2D eigenvalue weighted by molar-refractivity contribution is -0.133. The highest BCUT2D eigenvalue weighted by molar-refractivity contribution is 5.81. The van der Waals surface area contributed by atoms with Crippen LogP contribution in [0.5, 0.6) is 0 Å². The molecule has 4 atom stereocenters. The SMILES string of the molecule is CC(CC(N)=O)NC(=O)C1CCC(N)C(C)C1(C)C. The minimum absolute atomic E-state index is 0.0116. The normalized spacial score (nSPS) is 31.5. The summed E-state index contributed by atoms with van der Waals surface area (Å²) in [5.41, 5.74) is 11.1. The van der Waals surface area contributed by atoms with Gasteiger partial charge in [0.25, 0.3) is 0 Å². The van der Waals surface area contributed by atoms with E-state index in [0.717, 1.165) is 12.8 Å². The van der Waals surface area contributed by atoms with Crippen molar-refractivity contribution in [3.8, 4) is 0 Å². The molecule has 5 nitrogen and oxygen atoms in total. The van der Waals surface area contributed by atoms with E-state index in [2.05, 4.69) is 26.1 Å². The van der Waals surface area contributed by atoms with Crippen molar-refractivity contribution in [2.75, 3.05) is 0 Å². The van der Waals surface area contributed by atoms with Crippen molar-refractivity contribution in [1.82, 2.24) is 5.32 Å². The molecule has 0 bridgehead atoms. The van der Waals surface area contributed by atoms with Gasteiger partial charge in [-0.25, -0.2) is 0 Å². The lowest BCUT2D eigenvalue weighted by Gasteiger charge is -2.46. The Balaban J connectivity index is 2.68. The molecule has 1 rings (SSSR count). The van der Waals surface area contributed by atoms with Gasteiger partial charge in [0.1, 0.15) is 0 Å². The van der Waals surface area contributed by atoms with Crippen molar-refractivity contribution >= 4 is 11.8 Å². The summed E-state index contributed by atoms with van der Waals surface area (Å²) in [5.74, 6) is -0.148. The Morgan fingerprint density at radius 3 is 2.47 bits per heavy atom. The highest BCUT2D eigenvalue weighted by atomic mass is 16.2. The van der Waals surface area contributed by atoms with E-state index in [1.165, 1.54) is 0 Å². The predicted molar refractivity (Wildman–Crippen MR) is 75.1 cm³/mol. The van der Waals surface area contributed by atoms with Crippen LogP contribution in [0.2, 0.25) is 0 Å². The zero-order chi connectivity index (χ0) is 14.8. The molecule has 19 heavy (non-hydrogen) atoms. The Morgan fingerprint density at radius 1 is 1.37 bits per heavy atom. The monoisotopic (exact) mass is 269 g/mol. The molecular formula is C14H27N3O2. The fourth-order valence-corrected chi connectivity index (χ4v) is 3.02. The smallest absolute Gasteiger partial charge is 0.223 e. The van der Waals surface area contributed by atoms with Gasteiger partial charge in [0.2, 0.25) is 11.8 Å². The van der Waals surface area contributed by atoms with E-state index in [4.69, 9.17) is 11.5 Å². The molecule has 2 amide bonds. The van der Waals surface area contributed by atoms with Crippen LogP contribution < -0.4 is 16.8 Å². The molecule has 1 fully saturated rings. The van der Waals surface area contributed by atoms with Crippen molar-refractivity contribution in [3.05, 3.63) is 0 Å². The van der Waals surface area contributed by atoms with Crippen LogP contribution in [0.1, 0.15) is 47.0 Å². The summed E-state index contributed by atoms with van der Waals surface area (Å²) >= 11 is 0. The van der Waals surface area contributed by atoms with Crippen LogP contribution in [0.3, 0.4) is 0 Å². The maximum Gasteiger partial charge on any atom is 0.223 e. The number of nitrogens with two attached hydrogens (primary N) is 2. The van der Waals surface area contributed by atoms with Crippen molar-refractivity contribution in [3.63, 3.8) is 0 Å². The summed E-state index contributed by atoms with van der Waals surface area (Å²) in [4.78, 5) is 23.2. The number of primary amides is 1. The van der Waals surface area contributed by atoms with Gasteiger partial charge in [0, 0.05) is 24.4 Å². The molecule has 1 aliphatic rings. The minimum atomic E-state index is -0.397.